The number of thiophene rings is 1. The molecule has 0 radical (unpaired) electrons. The Morgan fingerprint density at radius 1 is 0.345 bits per heavy atom. The Labute approximate surface area is 338 Å². The summed E-state index contributed by atoms with van der Waals surface area (Å²) in [5.74, 6) is 1.91. The van der Waals surface area contributed by atoms with Crippen molar-refractivity contribution in [3.05, 3.63) is 194 Å². The van der Waals surface area contributed by atoms with E-state index in [4.69, 9.17) is 15.0 Å². The van der Waals surface area contributed by atoms with Gasteiger partial charge in [-0.25, -0.2) is 15.0 Å². The zero-order valence-corrected chi connectivity index (χ0v) is 32.0. The van der Waals surface area contributed by atoms with Crippen LogP contribution in [0.5, 0.6) is 0 Å². The van der Waals surface area contributed by atoms with E-state index in [0.717, 1.165) is 44.4 Å². The van der Waals surface area contributed by atoms with E-state index in [0.29, 0.717) is 17.5 Å². The van der Waals surface area contributed by atoms with Gasteiger partial charge < -0.3 is 4.57 Å². The lowest BCUT2D eigenvalue weighted by Gasteiger charge is -2.12. The molecule has 0 spiro atoms. The molecule has 0 N–H and O–H groups in total. The van der Waals surface area contributed by atoms with Crippen LogP contribution in [0.1, 0.15) is 0 Å². The maximum atomic E-state index is 5.27. The van der Waals surface area contributed by atoms with E-state index in [1.54, 1.807) is 0 Å². The van der Waals surface area contributed by atoms with Crippen molar-refractivity contribution in [2.24, 2.45) is 0 Å². The summed E-state index contributed by atoms with van der Waals surface area (Å²) in [4.78, 5) is 15.8. The van der Waals surface area contributed by atoms with Gasteiger partial charge in [-0.15, -0.1) is 11.3 Å². The van der Waals surface area contributed by atoms with Crippen LogP contribution in [-0.4, -0.2) is 19.5 Å². The maximum Gasteiger partial charge on any atom is 0.164 e. The molecule has 9 aromatic carbocycles. The number of nitrogens with zero attached hydrogens (tertiary/aromatic N) is 4. The predicted octanol–water partition coefficient (Wildman–Crippen LogP) is 14.3. The fraction of sp³-hybridized carbons (Fsp3) is 0. The minimum absolute atomic E-state index is 0.633. The molecule has 5 heteroatoms. The lowest BCUT2D eigenvalue weighted by molar-refractivity contribution is 1.07. The Morgan fingerprint density at radius 3 is 1.78 bits per heavy atom. The monoisotopic (exact) mass is 756 g/mol. The van der Waals surface area contributed by atoms with Gasteiger partial charge in [-0.2, -0.15) is 0 Å². The third-order valence-corrected chi connectivity index (χ3v) is 12.6. The highest BCUT2D eigenvalue weighted by atomic mass is 32.1. The smallest absolute Gasteiger partial charge is 0.164 e. The van der Waals surface area contributed by atoms with Crippen LogP contribution in [0.3, 0.4) is 0 Å². The number of rotatable bonds is 5. The van der Waals surface area contributed by atoms with Crippen molar-refractivity contribution in [2.75, 3.05) is 0 Å². The molecule has 0 unspecified atom stereocenters. The average molecular weight is 757 g/mol. The van der Waals surface area contributed by atoms with Crippen molar-refractivity contribution >= 4 is 74.9 Å². The van der Waals surface area contributed by atoms with E-state index in [9.17, 15) is 0 Å². The second kappa shape index (κ2) is 13.1. The Balaban J connectivity index is 1.07. The molecular weight excluding hydrogens is 725 g/mol. The molecule has 3 heterocycles. The standard InChI is InChI=1S/C53H32N4S/c1-2-16-39(17-3-1)57-46-22-8-6-19-42(46)44-31-37(26-28-47(44)57)52-54-51(55-53(56-52)38-27-29-49-45(32-38)43-20-7-9-23-48(43)58-49)36-15-10-14-35(30-36)41-21-11-13-34-25-24-33-12-4-5-18-40(33)50(34)41/h1-32H. The van der Waals surface area contributed by atoms with Crippen molar-refractivity contribution in [2.45, 2.75) is 0 Å². The summed E-state index contributed by atoms with van der Waals surface area (Å²) in [7, 11) is 0. The van der Waals surface area contributed by atoms with Crippen molar-refractivity contribution in [3.8, 4) is 51.0 Å². The van der Waals surface area contributed by atoms with Crippen molar-refractivity contribution in [1.82, 2.24) is 19.5 Å². The molecule has 3 aromatic heterocycles. The predicted molar refractivity (Wildman–Crippen MR) is 244 cm³/mol. The minimum atomic E-state index is 0.633. The molecule has 0 aliphatic rings. The van der Waals surface area contributed by atoms with Gasteiger partial charge in [0.2, 0.25) is 0 Å². The normalized spacial score (nSPS) is 11.8. The highest BCUT2D eigenvalue weighted by Gasteiger charge is 2.18. The van der Waals surface area contributed by atoms with Crippen LogP contribution < -0.4 is 0 Å². The molecule has 0 saturated carbocycles. The number of hydrogen-bond donors (Lipinski definition) is 0. The second-order valence-electron chi connectivity index (χ2n) is 14.8. The number of hydrogen-bond acceptors (Lipinski definition) is 4. The topological polar surface area (TPSA) is 43.6 Å². The summed E-state index contributed by atoms with van der Waals surface area (Å²) >= 11 is 1.81. The van der Waals surface area contributed by atoms with Crippen LogP contribution in [0.15, 0.2) is 194 Å². The Kier molecular flexibility index (Phi) is 7.37. The van der Waals surface area contributed by atoms with Gasteiger partial charge in [0.25, 0.3) is 0 Å². The molecule has 0 aliphatic heterocycles. The molecule has 0 fully saturated rings. The molecule has 12 aromatic rings. The Hall–Kier alpha value is -7.47. The van der Waals surface area contributed by atoms with Gasteiger partial charge in [0.1, 0.15) is 0 Å². The van der Waals surface area contributed by atoms with Gasteiger partial charge >= 0.3 is 0 Å². The van der Waals surface area contributed by atoms with Gasteiger partial charge in [-0.1, -0.05) is 127 Å². The minimum Gasteiger partial charge on any atom is -0.309 e. The summed E-state index contributed by atoms with van der Waals surface area (Å²) in [6.45, 7) is 0. The molecule has 0 amide bonds. The fourth-order valence-corrected chi connectivity index (χ4v) is 9.81. The third-order valence-electron chi connectivity index (χ3n) is 11.4. The van der Waals surface area contributed by atoms with Crippen LogP contribution in [0.2, 0.25) is 0 Å². The summed E-state index contributed by atoms with van der Waals surface area (Å²) in [5.41, 5.74) is 8.55. The van der Waals surface area contributed by atoms with Crippen LogP contribution >= 0.6 is 11.3 Å². The van der Waals surface area contributed by atoms with Gasteiger partial charge in [0.05, 0.1) is 11.0 Å². The number of benzene rings is 9. The summed E-state index contributed by atoms with van der Waals surface area (Å²) in [5, 5.41) is 9.72. The van der Waals surface area contributed by atoms with E-state index in [1.807, 2.05) is 11.3 Å². The van der Waals surface area contributed by atoms with Gasteiger partial charge in [-0.05, 0) is 99.4 Å². The molecule has 0 bridgehead atoms. The molecule has 58 heavy (non-hydrogen) atoms. The van der Waals surface area contributed by atoms with E-state index in [1.165, 1.54) is 52.7 Å². The number of fused-ring (bicyclic) bond motifs is 9. The van der Waals surface area contributed by atoms with Crippen molar-refractivity contribution in [3.63, 3.8) is 0 Å². The fourth-order valence-electron chi connectivity index (χ4n) is 8.72. The molecular formula is C53H32N4S. The third kappa shape index (κ3) is 5.25. The maximum absolute atomic E-state index is 5.27. The lowest BCUT2D eigenvalue weighted by Crippen LogP contribution is -2.00. The SMILES string of the molecule is c1ccc(-n2c3ccccc3c3cc(-c4nc(-c5cccc(-c6cccc7ccc8ccccc8c67)c5)nc(-c5ccc6sc7ccccc7c6c5)n4)ccc32)cc1. The van der Waals surface area contributed by atoms with Crippen LogP contribution in [0, 0.1) is 0 Å². The number of para-hydroxylation sites is 2. The summed E-state index contributed by atoms with van der Waals surface area (Å²) in [6, 6.07) is 69.2. The molecule has 4 nitrogen and oxygen atoms in total. The summed E-state index contributed by atoms with van der Waals surface area (Å²) in [6.07, 6.45) is 0. The van der Waals surface area contributed by atoms with E-state index in [-0.39, 0.29) is 0 Å². The van der Waals surface area contributed by atoms with E-state index in [2.05, 4.69) is 199 Å². The first-order valence-electron chi connectivity index (χ1n) is 19.5. The van der Waals surface area contributed by atoms with Crippen LogP contribution in [-0.2, 0) is 0 Å². The van der Waals surface area contributed by atoms with Crippen LogP contribution in [0.25, 0.3) is 115 Å². The van der Waals surface area contributed by atoms with Crippen molar-refractivity contribution in [1.29, 1.82) is 0 Å². The average Bonchev–Trinajstić information content (AvgIpc) is 3.84. The summed E-state index contributed by atoms with van der Waals surface area (Å²) < 4.78 is 4.85. The highest BCUT2D eigenvalue weighted by molar-refractivity contribution is 7.25. The Morgan fingerprint density at radius 2 is 0.931 bits per heavy atom. The molecule has 0 atom stereocenters. The first-order chi connectivity index (χ1) is 28.7. The molecule has 12 rings (SSSR count). The molecule has 0 saturated heterocycles. The zero-order valence-electron chi connectivity index (χ0n) is 31.2. The van der Waals surface area contributed by atoms with Gasteiger partial charge in [0.15, 0.2) is 17.5 Å². The van der Waals surface area contributed by atoms with E-state index < -0.39 is 0 Å². The van der Waals surface area contributed by atoms with Crippen LogP contribution in [0.4, 0.5) is 0 Å². The van der Waals surface area contributed by atoms with E-state index >= 15 is 0 Å². The lowest BCUT2D eigenvalue weighted by atomic mass is 9.93. The second-order valence-corrected chi connectivity index (χ2v) is 15.9. The molecule has 0 aliphatic carbocycles. The quantitative estimate of drug-likeness (QED) is 0.164. The van der Waals surface area contributed by atoms with Gasteiger partial charge in [-0.3, -0.25) is 0 Å². The Bertz CT molecular complexity index is 3580. The highest BCUT2D eigenvalue weighted by Crippen LogP contribution is 2.39. The number of aromatic nitrogens is 4. The largest absolute Gasteiger partial charge is 0.309 e. The first-order valence-corrected chi connectivity index (χ1v) is 20.3. The van der Waals surface area contributed by atoms with Gasteiger partial charge in [0, 0.05) is 53.3 Å². The first kappa shape index (κ1) is 32.7. The zero-order chi connectivity index (χ0) is 38.2. The van der Waals surface area contributed by atoms with Crippen molar-refractivity contribution < 1.29 is 0 Å². The molecule has 270 valence electrons.